The van der Waals surface area contributed by atoms with Gasteiger partial charge < -0.3 is 14.7 Å². The van der Waals surface area contributed by atoms with E-state index < -0.39 is 35.3 Å². The number of ether oxygens (including phenoxy) is 1. The van der Waals surface area contributed by atoms with Crippen LogP contribution in [0.1, 0.15) is 10.4 Å². The molecule has 112 valence electrons. The molecule has 0 amide bonds. The van der Waals surface area contributed by atoms with Crippen molar-refractivity contribution in [1.29, 1.82) is 0 Å². The number of carboxylic acid groups (broad SMARTS) is 1. The number of carbonyl (C=O) groups is 1. The quantitative estimate of drug-likeness (QED) is 0.874. The normalized spacial score (nSPS) is 10.3. The predicted molar refractivity (Wildman–Crippen MR) is 69.5 cm³/mol. The molecule has 0 spiro atoms. The first kappa shape index (κ1) is 15.3. The number of alkyl halides is 2. The second-order valence-corrected chi connectivity index (χ2v) is 4.00. The number of benzene rings is 1. The molecule has 1 heterocycles. The Kier molecular flexibility index (Phi) is 4.27. The zero-order valence-electron chi connectivity index (χ0n) is 10.8. The SMILES string of the molecule is [C-]#[N+]c1cc(-c2c(F)cccc2OC(F)F)c(C(=O)O)cn1. The Morgan fingerprint density at radius 1 is 1.41 bits per heavy atom. The number of halogens is 3. The first-order valence-electron chi connectivity index (χ1n) is 5.78. The van der Waals surface area contributed by atoms with Crippen LogP contribution in [-0.4, -0.2) is 22.7 Å². The molecule has 0 unspecified atom stereocenters. The van der Waals surface area contributed by atoms with Crippen molar-refractivity contribution in [3.05, 3.63) is 53.3 Å². The highest BCUT2D eigenvalue weighted by molar-refractivity contribution is 5.97. The minimum absolute atomic E-state index is 0.203. The van der Waals surface area contributed by atoms with Gasteiger partial charge in [-0.3, -0.25) is 0 Å². The number of nitrogens with zero attached hydrogens (tertiary/aromatic N) is 2. The first-order chi connectivity index (χ1) is 10.4. The lowest BCUT2D eigenvalue weighted by atomic mass is 10.00. The summed E-state index contributed by atoms with van der Waals surface area (Å²) in [6.07, 6.45) is 0.865. The molecular formula is C14H7F3N2O3. The molecule has 5 nitrogen and oxygen atoms in total. The lowest BCUT2D eigenvalue weighted by molar-refractivity contribution is -0.0495. The zero-order chi connectivity index (χ0) is 16.3. The van der Waals surface area contributed by atoms with Crippen LogP contribution in [0.25, 0.3) is 16.0 Å². The van der Waals surface area contributed by atoms with Gasteiger partial charge in [-0.15, -0.1) is 4.98 Å². The van der Waals surface area contributed by atoms with Crippen molar-refractivity contribution < 1.29 is 27.8 Å². The first-order valence-corrected chi connectivity index (χ1v) is 5.78. The van der Waals surface area contributed by atoms with Gasteiger partial charge in [-0.25, -0.2) is 9.18 Å². The van der Waals surface area contributed by atoms with Crippen molar-refractivity contribution in [2.45, 2.75) is 6.61 Å². The monoisotopic (exact) mass is 308 g/mol. The molecule has 0 radical (unpaired) electrons. The van der Waals surface area contributed by atoms with Gasteiger partial charge in [0.1, 0.15) is 23.3 Å². The Bertz CT molecular complexity index is 772. The molecule has 8 heteroatoms. The van der Waals surface area contributed by atoms with E-state index in [0.29, 0.717) is 0 Å². The molecule has 1 aromatic carbocycles. The number of pyridine rings is 1. The third-order valence-corrected chi connectivity index (χ3v) is 2.70. The van der Waals surface area contributed by atoms with Crippen molar-refractivity contribution in [2.24, 2.45) is 0 Å². The fraction of sp³-hybridized carbons (Fsp3) is 0.0714. The number of carboxylic acids is 1. The maximum absolute atomic E-state index is 14.0. The lowest BCUT2D eigenvalue weighted by Crippen LogP contribution is -2.06. The van der Waals surface area contributed by atoms with Gasteiger partial charge in [-0.05, 0) is 23.8 Å². The van der Waals surface area contributed by atoms with Gasteiger partial charge in [0.05, 0.1) is 5.56 Å². The summed E-state index contributed by atoms with van der Waals surface area (Å²) in [6, 6.07) is 4.20. The molecule has 2 aromatic rings. The molecule has 0 saturated heterocycles. The minimum Gasteiger partial charge on any atom is -0.478 e. The molecule has 0 aliphatic heterocycles. The highest BCUT2D eigenvalue weighted by atomic mass is 19.3. The molecule has 22 heavy (non-hydrogen) atoms. The summed E-state index contributed by atoms with van der Waals surface area (Å²) in [4.78, 5) is 17.8. The highest BCUT2D eigenvalue weighted by Crippen LogP contribution is 2.37. The fourth-order valence-electron chi connectivity index (χ4n) is 1.84. The smallest absolute Gasteiger partial charge is 0.387 e. The summed E-state index contributed by atoms with van der Waals surface area (Å²) in [5.41, 5.74) is -1.16. The summed E-state index contributed by atoms with van der Waals surface area (Å²) in [5.74, 6) is -3.13. The van der Waals surface area contributed by atoms with E-state index in [9.17, 15) is 18.0 Å². The summed E-state index contributed by atoms with van der Waals surface area (Å²) < 4.78 is 43.1. The van der Waals surface area contributed by atoms with Gasteiger partial charge >= 0.3 is 12.6 Å². The molecule has 0 fully saturated rings. The van der Waals surface area contributed by atoms with E-state index in [1.54, 1.807) is 0 Å². The van der Waals surface area contributed by atoms with E-state index in [1.165, 1.54) is 0 Å². The van der Waals surface area contributed by atoms with Gasteiger partial charge in [0.15, 0.2) is 0 Å². The van der Waals surface area contributed by atoms with E-state index in [-0.39, 0.29) is 11.4 Å². The summed E-state index contributed by atoms with van der Waals surface area (Å²) in [7, 11) is 0. The maximum Gasteiger partial charge on any atom is 0.387 e. The summed E-state index contributed by atoms with van der Waals surface area (Å²) in [6.45, 7) is 3.66. The Labute approximate surface area is 122 Å². The van der Waals surface area contributed by atoms with Crippen LogP contribution in [0, 0.1) is 12.4 Å². The topological polar surface area (TPSA) is 63.8 Å². The van der Waals surface area contributed by atoms with Crippen molar-refractivity contribution in [2.75, 3.05) is 0 Å². The molecule has 0 aliphatic rings. The minimum atomic E-state index is -3.21. The Hall–Kier alpha value is -3.08. The van der Waals surface area contributed by atoms with E-state index in [0.717, 1.165) is 30.5 Å². The molecule has 2 rings (SSSR count). The van der Waals surface area contributed by atoms with Gasteiger partial charge in [0.2, 0.25) is 0 Å². The van der Waals surface area contributed by atoms with Crippen LogP contribution in [0.4, 0.5) is 19.0 Å². The van der Waals surface area contributed by atoms with Gasteiger partial charge in [0.25, 0.3) is 5.82 Å². The molecular weight excluding hydrogens is 301 g/mol. The van der Waals surface area contributed by atoms with Crippen LogP contribution in [0.15, 0.2) is 30.5 Å². The van der Waals surface area contributed by atoms with Crippen molar-refractivity contribution >= 4 is 11.8 Å². The molecule has 0 bridgehead atoms. The Balaban J connectivity index is 2.75. The Morgan fingerprint density at radius 3 is 2.73 bits per heavy atom. The molecule has 0 saturated carbocycles. The standard InChI is InChI=1S/C14H7F3N2O3/c1-18-11-5-7(8(6-19-11)13(20)21)12-9(15)3-2-4-10(12)22-14(16)17/h2-6,14H,(H,20,21). The van der Waals surface area contributed by atoms with E-state index in [4.69, 9.17) is 11.7 Å². The van der Waals surface area contributed by atoms with Crippen LogP contribution < -0.4 is 4.74 Å². The predicted octanol–water partition coefficient (Wildman–Crippen LogP) is 3.74. The Morgan fingerprint density at radius 2 is 2.14 bits per heavy atom. The van der Waals surface area contributed by atoms with Gasteiger partial charge in [-0.2, -0.15) is 8.78 Å². The van der Waals surface area contributed by atoms with Crippen LogP contribution in [-0.2, 0) is 0 Å². The third kappa shape index (κ3) is 2.98. The van der Waals surface area contributed by atoms with E-state index in [1.807, 2.05) is 0 Å². The average molecular weight is 308 g/mol. The van der Waals surface area contributed by atoms with Crippen molar-refractivity contribution in [3.8, 4) is 16.9 Å². The second kappa shape index (κ2) is 6.13. The van der Waals surface area contributed by atoms with Crippen LogP contribution in [0.2, 0.25) is 0 Å². The van der Waals surface area contributed by atoms with E-state index >= 15 is 0 Å². The van der Waals surface area contributed by atoms with Crippen LogP contribution in [0.5, 0.6) is 5.75 Å². The van der Waals surface area contributed by atoms with Crippen molar-refractivity contribution in [3.63, 3.8) is 0 Å². The van der Waals surface area contributed by atoms with Crippen molar-refractivity contribution in [1.82, 2.24) is 4.98 Å². The lowest BCUT2D eigenvalue weighted by Gasteiger charge is -2.13. The molecule has 1 N–H and O–H groups in total. The summed E-state index contributed by atoms with van der Waals surface area (Å²) >= 11 is 0. The molecule has 1 aromatic heterocycles. The van der Waals surface area contributed by atoms with Crippen LogP contribution in [0.3, 0.4) is 0 Å². The van der Waals surface area contributed by atoms with Gasteiger partial charge in [-0.1, -0.05) is 12.6 Å². The number of rotatable bonds is 4. The zero-order valence-corrected chi connectivity index (χ0v) is 10.8. The maximum atomic E-state index is 14.0. The average Bonchev–Trinajstić information content (AvgIpc) is 2.46. The molecule has 0 aliphatic carbocycles. The number of aromatic nitrogens is 1. The largest absolute Gasteiger partial charge is 0.478 e. The molecule has 0 atom stereocenters. The van der Waals surface area contributed by atoms with E-state index in [2.05, 4.69) is 14.6 Å². The van der Waals surface area contributed by atoms with Crippen LogP contribution >= 0.6 is 0 Å². The second-order valence-electron chi connectivity index (χ2n) is 4.00. The number of hydrogen-bond donors (Lipinski definition) is 1. The summed E-state index contributed by atoms with van der Waals surface area (Å²) in [5, 5.41) is 9.13. The van der Waals surface area contributed by atoms with Gasteiger partial charge in [0, 0.05) is 0 Å². The fourth-order valence-corrected chi connectivity index (χ4v) is 1.84. The third-order valence-electron chi connectivity index (χ3n) is 2.70. The highest BCUT2D eigenvalue weighted by Gasteiger charge is 2.22. The number of hydrogen-bond acceptors (Lipinski definition) is 3. The number of aromatic carboxylic acids is 1.